The molecular formula is H10Mo5O35P5V. The Hall–Kier alpha value is 2.38. The van der Waals surface area contributed by atoms with Crippen molar-refractivity contribution < 1.29 is 243 Å². The molecular weight excluding hydrogens is 1250 g/mol. The normalized spacial score (nSPS) is 13.4. The molecule has 0 aromatic carbocycles. The second-order valence-electron chi connectivity index (χ2n) is 4.87. The second kappa shape index (κ2) is 22.4. The zero-order valence-corrected chi connectivity index (χ0v) is 35.3. The molecule has 280 valence electrons. The average molecular weight is 1260 g/mol. The topological polar surface area (TPSA) is 620 Å². The van der Waals surface area contributed by atoms with E-state index in [2.05, 4.69) is 15.9 Å². The van der Waals surface area contributed by atoms with Crippen LogP contribution in [-0.2, 0) is 175 Å². The van der Waals surface area contributed by atoms with Gasteiger partial charge in [-0.25, -0.2) is 0 Å². The van der Waals surface area contributed by atoms with E-state index >= 15 is 0 Å². The van der Waals surface area contributed by atoms with Crippen molar-refractivity contribution >= 4 is 39.1 Å². The van der Waals surface area contributed by atoms with E-state index in [9.17, 15) is 75.6 Å². The van der Waals surface area contributed by atoms with Crippen LogP contribution in [0.1, 0.15) is 0 Å². The Morgan fingerprint density at radius 2 is 0.370 bits per heavy atom. The predicted octanol–water partition coefficient (Wildman–Crippen LogP) is -9.35. The molecule has 0 bridgehead atoms. The van der Waals surface area contributed by atoms with Gasteiger partial charge >= 0.3 is 282 Å². The van der Waals surface area contributed by atoms with Crippen LogP contribution in [0.15, 0.2) is 0 Å². The molecule has 10 N–H and O–H groups in total. The predicted molar refractivity (Wildman–Crippen MR) is 72.5 cm³/mol. The Kier molecular flexibility index (Phi) is 29.5. The van der Waals surface area contributed by atoms with Crippen molar-refractivity contribution in [3.8, 4) is 0 Å². The third kappa shape index (κ3) is 91.1. The Morgan fingerprint density at radius 3 is 0.370 bits per heavy atom. The molecule has 46 heteroatoms. The molecule has 0 unspecified atom stereocenters. The molecule has 0 aromatic rings. The summed E-state index contributed by atoms with van der Waals surface area (Å²) in [5.74, 6) is 0. The summed E-state index contributed by atoms with van der Waals surface area (Å²) < 4.78 is 204. The molecule has 0 amide bonds. The molecule has 0 aliphatic carbocycles. The van der Waals surface area contributed by atoms with Crippen LogP contribution >= 0.6 is 39.1 Å². The van der Waals surface area contributed by atoms with E-state index in [-0.39, 0.29) is 18.6 Å². The fraction of sp³-hybridized carbons (Fsp3) is 0. The van der Waals surface area contributed by atoms with Gasteiger partial charge in [-0.2, -0.15) is 0 Å². The SMILES string of the molecule is O=P(O)(O)[O][Mo](=[O])(=[O])[O-].O=P(O)(O)[O][Mo](=[O])(=[O])[O-].O=P(O)(O)[O][Mo](=[O])(=[O])[O-].O=P(O)(O)[O][Mo](=[O])(=[O])[O-].O=P(O)(O)[O][Mo](=[O])(=[O])[O-].[V+5]. The van der Waals surface area contributed by atoms with Crippen LogP contribution in [0.2, 0.25) is 0 Å². The van der Waals surface area contributed by atoms with Crippen LogP contribution in [0.4, 0.5) is 0 Å². The largest absolute Gasteiger partial charge is 5.00 e. The monoisotopic (exact) mass is 1270 g/mol. The van der Waals surface area contributed by atoms with E-state index in [0.29, 0.717) is 0 Å². The van der Waals surface area contributed by atoms with Gasteiger partial charge in [0.2, 0.25) is 0 Å². The minimum atomic E-state index is -6.28. The molecule has 35 nitrogen and oxygen atoms in total. The molecule has 0 saturated heterocycles. The van der Waals surface area contributed by atoms with E-state index in [1.807, 2.05) is 0 Å². The maximum Gasteiger partial charge on any atom is 5.00 e. The zero-order chi connectivity index (χ0) is 38.5. The summed E-state index contributed by atoms with van der Waals surface area (Å²) in [5, 5.41) is 0. The fourth-order valence-corrected chi connectivity index (χ4v) is 10.6. The minimum Gasteiger partial charge on any atom is 5.00 e. The first kappa shape index (κ1) is 60.5. The minimum absolute atomic E-state index is 0. The van der Waals surface area contributed by atoms with Gasteiger partial charge < -0.3 is 0 Å². The standard InChI is InChI=1S/5Mo.5H3O4P.15O.V/c;;;;;5*1-5(2,3)4;;;;;;;;;;;;;;;;/h;;;;;5*(H3,1,2,3,4);;;;;;;;;;;;;;;;/q5*+1;;;;;;;;;;;;;;;;5*-1;+5/p-5. The average Bonchev–Trinajstić information content (AvgIpc) is 2.36. The Balaban J connectivity index is -0.000000108. The van der Waals surface area contributed by atoms with Crippen molar-refractivity contribution in [2.75, 3.05) is 0 Å². The van der Waals surface area contributed by atoms with Gasteiger partial charge in [0.1, 0.15) is 0 Å². The van der Waals surface area contributed by atoms with Gasteiger partial charge in [-0.1, -0.05) is 0 Å². The van der Waals surface area contributed by atoms with Crippen LogP contribution in [0.3, 0.4) is 0 Å². The van der Waals surface area contributed by atoms with Crippen LogP contribution in [-0.4, -0.2) is 48.9 Å². The molecule has 46 heavy (non-hydrogen) atoms. The second-order valence-corrected chi connectivity index (χ2v) is 26.0. The Labute approximate surface area is 279 Å². The molecule has 0 aliphatic heterocycles. The third-order valence-electron chi connectivity index (χ3n) is 0.942. The zero-order valence-electron chi connectivity index (χ0n) is 19.4. The number of rotatable bonds is 10. The van der Waals surface area contributed by atoms with Gasteiger partial charge in [-0.3, -0.25) is 0 Å². The van der Waals surface area contributed by atoms with Crippen LogP contribution in [0, 0.1) is 0 Å². The van der Waals surface area contributed by atoms with Crippen molar-refractivity contribution in [3.05, 3.63) is 0 Å². The van der Waals surface area contributed by atoms with Gasteiger partial charge in [0.05, 0.1) is 0 Å². The Morgan fingerprint density at radius 1 is 0.304 bits per heavy atom. The van der Waals surface area contributed by atoms with E-state index in [1.165, 1.54) is 0 Å². The summed E-state index contributed by atoms with van der Waals surface area (Å²) in [4.78, 5) is 76.9. The van der Waals surface area contributed by atoms with Crippen molar-refractivity contribution in [3.63, 3.8) is 0 Å². The summed E-state index contributed by atoms with van der Waals surface area (Å²) in [7, 11) is -25.7. The van der Waals surface area contributed by atoms with Crippen molar-refractivity contribution in [2.45, 2.75) is 0 Å². The first-order chi connectivity index (χ1) is 18.5. The number of phosphoric acid groups is 5. The van der Waals surface area contributed by atoms with Crippen molar-refractivity contribution in [1.82, 2.24) is 0 Å². The van der Waals surface area contributed by atoms with Gasteiger partial charge in [-0.15, -0.1) is 0 Å². The van der Waals surface area contributed by atoms with Crippen molar-refractivity contribution in [2.24, 2.45) is 0 Å². The first-order valence-electron chi connectivity index (χ1n) is 7.16. The third-order valence-corrected chi connectivity index (χ3v) is 16.7. The van der Waals surface area contributed by atoms with Crippen molar-refractivity contribution in [1.29, 1.82) is 0 Å². The molecule has 0 aliphatic rings. The van der Waals surface area contributed by atoms with E-state index in [4.69, 9.17) is 48.9 Å². The van der Waals surface area contributed by atoms with Crippen LogP contribution in [0.25, 0.3) is 0 Å². The van der Waals surface area contributed by atoms with Crippen LogP contribution in [0.5, 0.6) is 0 Å². The van der Waals surface area contributed by atoms with E-state index in [0.717, 1.165) is 0 Å². The molecule has 0 atom stereocenters. The quantitative estimate of drug-likeness (QED) is 0.0717. The molecule has 0 heterocycles. The van der Waals surface area contributed by atoms with Gasteiger partial charge in [-0.05, 0) is 0 Å². The van der Waals surface area contributed by atoms with Gasteiger partial charge in [0, 0.05) is 0 Å². The first-order valence-corrected chi connectivity index (χ1v) is 31.2. The number of hydrogen-bond acceptors (Lipinski definition) is 25. The smallest absolute Gasteiger partial charge is 5.00 e. The fourth-order valence-electron chi connectivity index (χ4n) is 0.595. The van der Waals surface area contributed by atoms with Gasteiger partial charge in [0.25, 0.3) is 0 Å². The number of hydrogen-bond donors (Lipinski definition) is 10. The molecule has 0 saturated carbocycles. The molecule has 0 aromatic heterocycles. The summed E-state index contributed by atoms with van der Waals surface area (Å²) in [6.45, 7) is 0. The van der Waals surface area contributed by atoms with Crippen LogP contribution < -0.4 is 18.8 Å². The summed E-state index contributed by atoms with van der Waals surface area (Å²) in [6, 6.07) is 0. The van der Waals surface area contributed by atoms with E-state index < -0.39 is 123 Å². The Bertz CT molecular complexity index is 1390. The molecule has 0 rings (SSSR count). The maximum atomic E-state index is 9.57. The summed E-state index contributed by atoms with van der Waals surface area (Å²) in [5.41, 5.74) is 0. The maximum absolute atomic E-state index is 9.57. The van der Waals surface area contributed by atoms with Gasteiger partial charge in [0.15, 0.2) is 0 Å². The molecule has 0 radical (unpaired) electrons. The molecule has 0 spiro atoms. The molecule has 0 fully saturated rings. The van der Waals surface area contributed by atoms with E-state index in [1.54, 1.807) is 0 Å². The summed E-state index contributed by atoms with van der Waals surface area (Å²) >= 11 is -31.4. The summed E-state index contributed by atoms with van der Waals surface area (Å²) in [6.07, 6.45) is 0.